The normalized spacial score (nSPS) is 33.7. The molecule has 1 heterocycles. The second-order valence-corrected chi connectivity index (χ2v) is 4.31. The number of aldehydes is 1. The Hall–Kier alpha value is -1.10. The van der Waals surface area contributed by atoms with E-state index in [-0.39, 0.29) is 19.6 Å². The number of hydrogen-bond acceptors (Lipinski definition) is 8. The van der Waals surface area contributed by atoms with Gasteiger partial charge in [0.05, 0.1) is 13.2 Å². The summed E-state index contributed by atoms with van der Waals surface area (Å²) < 4.78 is 9.66. The molecule has 1 fully saturated rings. The largest absolute Gasteiger partial charge is 0.394 e. The predicted octanol–water partition coefficient (Wildman–Crippen LogP) is -3.49. The van der Waals surface area contributed by atoms with E-state index in [1.165, 1.54) is 0 Å². The summed E-state index contributed by atoms with van der Waals surface area (Å²) in [6.45, 7) is -0.691. The number of amides is 1. The van der Waals surface area contributed by atoms with Crippen molar-refractivity contribution >= 4 is 12.2 Å². The van der Waals surface area contributed by atoms with Crippen LogP contribution in [0.1, 0.15) is 6.42 Å². The van der Waals surface area contributed by atoms with Gasteiger partial charge in [-0.3, -0.25) is 4.79 Å². The van der Waals surface area contributed by atoms with Crippen LogP contribution in [-0.2, 0) is 19.1 Å². The topological polar surface area (TPSA) is 146 Å². The van der Waals surface area contributed by atoms with E-state index >= 15 is 0 Å². The van der Waals surface area contributed by atoms with E-state index in [2.05, 4.69) is 5.32 Å². The van der Waals surface area contributed by atoms with E-state index in [9.17, 15) is 24.9 Å². The minimum atomic E-state index is -1.55. The summed E-state index contributed by atoms with van der Waals surface area (Å²) >= 11 is 0. The van der Waals surface area contributed by atoms with Crippen LogP contribution >= 0.6 is 0 Å². The highest BCUT2D eigenvalue weighted by Crippen LogP contribution is 2.19. The highest BCUT2D eigenvalue weighted by Gasteiger charge is 2.44. The molecule has 1 aliphatic heterocycles. The Labute approximate surface area is 115 Å². The molecule has 5 atom stereocenters. The average Bonchev–Trinajstić information content (AvgIpc) is 2.43. The van der Waals surface area contributed by atoms with Crippen LogP contribution in [0.4, 0.5) is 0 Å². The Bertz CT molecular complexity index is 326. The molecule has 5 N–H and O–H groups in total. The molecule has 0 spiro atoms. The standard InChI is InChI=1S/C11H19NO8/c13-2-4-19-3-1-7(15)12-8-10(17)9(16)6(5-14)20-11(8)18/h2,6,8-11,14,16-18H,1,3-5H2,(H,12,15)/t6-,8-,9-,10-,11?/m1/s1. The van der Waals surface area contributed by atoms with E-state index in [0.29, 0.717) is 6.29 Å². The SMILES string of the molecule is O=CCOCCC(=O)N[C@H]1C(O)O[C@H](CO)[C@@H](O)[C@@H]1O. The molecule has 0 radical (unpaired) electrons. The van der Waals surface area contributed by atoms with Gasteiger partial charge in [-0.15, -0.1) is 0 Å². The zero-order valence-electron chi connectivity index (χ0n) is 10.7. The Balaban J connectivity index is 2.45. The van der Waals surface area contributed by atoms with Gasteiger partial charge < -0.3 is 40.0 Å². The zero-order chi connectivity index (χ0) is 15.1. The zero-order valence-corrected chi connectivity index (χ0v) is 10.7. The van der Waals surface area contributed by atoms with Crippen molar-refractivity contribution in [3.63, 3.8) is 0 Å². The second kappa shape index (κ2) is 8.25. The lowest BCUT2D eigenvalue weighted by atomic mass is 9.97. The fourth-order valence-corrected chi connectivity index (χ4v) is 1.81. The maximum Gasteiger partial charge on any atom is 0.222 e. The first-order valence-electron chi connectivity index (χ1n) is 6.12. The van der Waals surface area contributed by atoms with Crippen LogP contribution < -0.4 is 5.32 Å². The lowest BCUT2D eigenvalue weighted by Crippen LogP contribution is -2.64. The van der Waals surface area contributed by atoms with Crippen molar-refractivity contribution in [1.82, 2.24) is 5.32 Å². The van der Waals surface area contributed by atoms with Gasteiger partial charge in [0, 0.05) is 6.42 Å². The third-order valence-corrected chi connectivity index (χ3v) is 2.89. The van der Waals surface area contributed by atoms with Crippen molar-refractivity contribution in [2.75, 3.05) is 19.8 Å². The van der Waals surface area contributed by atoms with Crippen molar-refractivity contribution in [2.45, 2.75) is 37.1 Å². The van der Waals surface area contributed by atoms with Gasteiger partial charge in [0.25, 0.3) is 0 Å². The number of aliphatic hydroxyl groups is 4. The number of nitrogens with one attached hydrogen (secondary N) is 1. The highest BCUT2D eigenvalue weighted by atomic mass is 16.6. The predicted molar refractivity (Wildman–Crippen MR) is 63.4 cm³/mol. The first-order valence-corrected chi connectivity index (χ1v) is 6.12. The van der Waals surface area contributed by atoms with Gasteiger partial charge in [-0.1, -0.05) is 0 Å². The number of aliphatic hydroxyl groups excluding tert-OH is 4. The molecule has 0 bridgehead atoms. The average molecular weight is 293 g/mol. The smallest absolute Gasteiger partial charge is 0.222 e. The molecule has 1 unspecified atom stereocenters. The quantitative estimate of drug-likeness (QED) is 0.240. The molecule has 1 aliphatic rings. The minimum absolute atomic E-state index is 0.00611. The molecular weight excluding hydrogens is 274 g/mol. The molecule has 116 valence electrons. The third-order valence-electron chi connectivity index (χ3n) is 2.89. The number of carbonyl (C=O) groups excluding carboxylic acids is 2. The van der Waals surface area contributed by atoms with E-state index < -0.39 is 43.2 Å². The van der Waals surface area contributed by atoms with Crippen LogP contribution in [-0.4, -0.2) is 83.1 Å². The van der Waals surface area contributed by atoms with Crippen molar-refractivity contribution in [3.8, 4) is 0 Å². The van der Waals surface area contributed by atoms with Gasteiger partial charge in [-0.2, -0.15) is 0 Å². The lowest BCUT2D eigenvalue weighted by molar-refractivity contribution is -0.253. The second-order valence-electron chi connectivity index (χ2n) is 4.31. The number of ether oxygens (including phenoxy) is 2. The Morgan fingerprint density at radius 3 is 2.60 bits per heavy atom. The van der Waals surface area contributed by atoms with Gasteiger partial charge in [-0.05, 0) is 0 Å². The van der Waals surface area contributed by atoms with Crippen molar-refractivity contribution in [1.29, 1.82) is 0 Å². The summed E-state index contributed by atoms with van der Waals surface area (Å²) in [5.41, 5.74) is 0. The van der Waals surface area contributed by atoms with Crippen LogP contribution in [0.5, 0.6) is 0 Å². The fourth-order valence-electron chi connectivity index (χ4n) is 1.81. The van der Waals surface area contributed by atoms with Gasteiger partial charge in [0.1, 0.15) is 37.2 Å². The summed E-state index contributed by atoms with van der Waals surface area (Å²) in [6.07, 6.45) is -5.11. The highest BCUT2D eigenvalue weighted by molar-refractivity contribution is 5.76. The molecule has 0 aromatic carbocycles. The third kappa shape index (κ3) is 4.47. The van der Waals surface area contributed by atoms with Crippen LogP contribution in [0.2, 0.25) is 0 Å². The molecule has 1 amide bonds. The summed E-state index contributed by atoms with van der Waals surface area (Å²) in [4.78, 5) is 21.5. The van der Waals surface area contributed by atoms with Crippen molar-refractivity contribution in [3.05, 3.63) is 0 Å². The first kappa shape index (κ1) is 17.0. The molecule has 0 aliphatic carbocycles. The first-order chi connectivity index (χ1) is 9.51. The Morgan fingerprint density at radius 2 is 2.00 bits per heavy atom. The summed E-state index contributed by atoms with van der Waals surface area (Å²) in [6, 6.07) is -1.22. The fraction of sp³-hybridized carbons (Fsp3) is 0.818. The molecular formula is C11H19NO8. The van der Waals surface area contributed by atoms with Gasteiger partial charge in [-0.25, -0.2) is 0 Å². The molecule has 1 saturated heterocycles. The maximum atomic E-state index is 11.5. The molecule has 1 rings (SSSR count). The number of hydrogen-bond donors (Lipinski definition) is 5. The molecule has 0 aromatic rings. The van der Waals surface area contributed by atoms with Crippen LogP contribution in [0, 0.1) is 0 Å². The Kier molecular flexibility index (Phi) is 6.99. The van der Waals surface area contributed by atoms with E-state index in [1.54, 1.807) is 0 Å². The van der Waals surface area contributed by atoms with E-state index in [4.69, 9.17) is 14.6 Å². The van der Waals surface area contributed by atoms with Gasteiger partial charge in [0.15, 0.2) is 6.29 Å². The molecule has 9 nitrogen and oxygen atoms in total. The lowest BCUT2D eigenvalue weighted by Gasteiger charge is -2.40. The summed E-state index contributed by atoms with van der Waals surface area (Å²) in [5.74, 6) is -0.544. The van der Waals surface area contributed by atoms with E-state index in [1.807, 2.05) is 0 Å². The minimum Gasteiger partial charge on any atom is -0.394 e. The van der Waals surface area contributed by atoms with E-state index in [0.717, 1.165) is 0 Å². The number of carbonyl (C=O) groups is 2. The van der Waals surface area contributed by atoms with Crippen LogP contribution in [0.15, 0.2) is 0 Å². The van der Waals surface area contributed by atoms with Crippen LogP contribution in [0.25, 0.3) is 0 Å². The maximum absolute atomic E-state index is 11.5. The number of rotatable bonds is 7. The molecule has 0 saturated carbocycles. The van der Waals surface area contributed by atoms with Gasteiger partial charge >= 0.3 is 0 Å². The van der Waals surface area contributed by atoms with Crippen molar-refractivity contribution < 1.29 is 39.5 Å². The molecule has 20 heavy (non-hydrogen) atoms. The molecule has 9 heteroatoms. The Morgan fingerprint density at radius 1 is 1.30 bits per heavy atom. The molecule has 0 aromatic heterocycles. The van der Waals surface area contributed by atoms with Crippen LogP contribution in [0.3, 0.4) is 0 Å². The monoisotopic (exact) mass is 293 g/mol. The summed E-state index contributed by atoms with van der Waals surface area (Å²) in [7, 11) is 0. The van der Waals surface area contributed by atoms with Gasteiger partial charge in [0.2, 0.25) is 5.91 Å². The van der Waals surface area contributed by atoms with Crippen molar-refractivity contribution in [2.24, 2.45) is 0 Å². The summed E-state index contributed by atoms with van der Waals surface area (Å²) in [5, 5.41) is 40.2.